The fraction of sp³-hybridized carbons (Fsp3) is 0.111. The minimum Gasteiger partial charge on any atom is -0.324 e. The fourth-order valence-electron chi connectivity index (χ4n) is 2.60. The van der Waals surface area contributed by atoms with Crippen LogP contribution in [0.3, 0.4) is 0 Å². The monoisotopic (exact) mass is 283 g/mol. The van der Waals surface area contributed by atoms with Crippen LogP contribution < -0.4 is 5.73 Å². The zero-order valence-electron chi connectivity index (χ0n) is 11.4. The Balaban J connectivity index is 1.93. The lowest BCUT2D eigenvalue weighted by Gasteiger charge is -2.15. The minimum absolute atomic E-state index is 0.263. The highest BCUT2D eigenvalue weighted by atomic mass is 19.2. The van der Waals surface area contributed by atoms with E-state index >= 15 is 0 Å². The first-order valence-electron chi connectivity index (χ1n) is 6.82. The molecule has 0 fully saturated rings. The Morgan fingerprint density at radius 1 is 0.857 bits per heavy atom. The van der Waals surface area contributed by atoms with Gasteiger partial charge in [-0.25, -0.2) is 8.78 Å². The molecular weight excluding hydrogens is 268 g/mol. The number of rotatable bonds is 3. The highest BCUT2D eigenvalue weighted by Gasteiger charge is 2.12. The zero-order valence-corrected chi connectivity index (χ0v) is 11.4. The van der Waals surface area contributed by atoms with Crippen LogP contribution in [0.25, 0.3) is 10.8 Å². The Labute approximate surface area is 122 Å². The van der Waals surface area contributed by atoms with Gasteiger partial charge in [0.15, 0.2) is 11.6 Å². The van der Waals surface area contributed by atoms with Crippen molar-refractivity contribution in [3.63, 3.8) is 0 Å². The Morgan fingerprint density at radius 2 is 1.62 bits per heavy atom. The Morgan fingerprint density at radius 3 is 2.43 bits per heavy atom. The molecule has 1 unspecified atom stereocenters. The normalized spacial score (nSPS) is 12.5. The predicted molar refractivity (Wildman–Crippen MR) is 80.9 cm³/mol. The van der Waals surface area contributed by atoms with Crippen LogP contribution >= 0.6 is 0 Å². The SMILES string of the molecule is NC(Cc1ccc(F)c(F)c1)c1cccc2ccccc12. The molecule has 0 spiro atoms. The summed E-state index contributed by atoms with van der Waals surface area (Å²) in [7, 11) is 0. The number of halogens is 2. The summed E-state index contributed by atoms with van der Waals surface area (Å²) in [6.07, 6.45) is 0.463. The molecule has 0 radical (unpaired) electrons. The summed E-state index contributed by atoms with van der Waals surface area (Å²) >= 11 is 0. The van der Waals surface area contributed by atoms with Crippen LogP contribution in [-0.2, 0) is 6.42 Å². The zero-order chi connectivity index (χ0) is 14.8. The summed E-state index contributed by atoms with van der Waals surface area (Å²) in [6, 6.07) is 17.6. The first kappa shape index (κ1) is 13.7. The van der Waals surface area contributed by atoms with Crippen LogP contribution in [0.1, 0.15) is 17.2 Å². The molecule has 3 aromatic rings. The van der Waals surface area contributed by atoms with Gasteiger partial charge in [0.2, 0.25) is 0 Å². The highest BCUT2D eigenvalue weighted by Crippen LogP contribution is 2.25. The molecule has 0 aromatic heterocycles. The number of hydrogen-bond donors (Lipinski definition) is 1. The van der Waals surface area contributed by atoms with E-state index in [2.05, 4.69) is 0 Å². The van der Waals surface area contributed by atoms with E-state index in [-0.39, 0.29) is 6.04 Å². The number of benzene rings is 3. The van der Waals surface area contributed by atoms with Crippen LogP contribution in [-0.4, -0.2) is 0 Å². The van der Waals surface area contributed by atoms with Crippen LogP contribution in [0.4, 0.5) is 8.78 Å². The molecule has 0 aliphatic rings. The van der Waals surface area contributed by atoms with Gasteiger partial charge in [0.1, 0.15) is 0 Å². The van der Waals surface area contributed by atoms with Crippen LogP contribution in [0, 0.1) is 11.6 Å². The lowest BCUT2D eigenvalue weighted by molar-refractivity contribution is 0.506. The maximum atomic E-state index is 13.3. The van der Waals surface area contributed by atoms with E-state index in [4.69, 9.17) is 5.73 Å². The molecule has 0 saturated heterocycles. The van der Waals surface area contributed by atoms with Crippen molar-refractivity contribution < 1.29 is 8.78 Å². The molecule has 0 aliphatic carbocycles. The summed E-state index contributed by atoms with van der Waals surface area (Å²) in [5, 5.41) is 2.21. The molecule has 2 N–H and O–H groups in total. The first-order valence-corrected chi connectivity index (χ1v) is 6.82. The van der Waals surface area contributed by atoms with E-state index in [1.807, 2.05) is 42.5 Å². The van der Waals surface area contributed by atoms with Crippen LogP contribution in [0.2, 0.25) is 0 Å². The molecule has 0 heterocycles. The molecule has 21 heavy (non-hydrogen) atoms. The first-order chi connectivity index (χ1) is 10.1. The van der Waals surface area contributed by atoms with E-state index in [1.54, 1.807) is 6.07 Å². The smallest absolute Gasteiger partial charge is 0.159 e. The molecule has 0 bridgehead atoms. The van der Waals surface area contributed by atoms with Gasteiger partial charge in [0, 0.05) is 6.04 Å². The van der Waals surface area contributed by atoms with E-state index in [0.29, 0.717) is 12.0 Å². The summed E-state index contributed by atoms with van der Waals surface area (Å²) in [5.74, 6) is -1.67. The predicted octanol–water partition coefficient (Wildman–Crippen LogP) is 4.36. The number of hydrogen-bond acceptors (Lipinski definition) is 1. The molecule has 3 rings (SSSR count). The van der Waals surface area contributed by atoms with Crippen molar-refractivity contribution in [2.75, 3.05) is 0 Å². The molecule has 0 aliphatic heterocycles. The Bertz CT molecular complexity index is 778. The van der Waals surface area contributed by atoms with Crippen LogP contribution in [0.15, 0.2) is 60.7 Å². The molecule has 1 nitrogen and oxygen atoms in total. The fourth-order valence-corrected chi connectivity index (χ4v) is 2.60. The second-order valence-corrected chi connectivity index (χ2v) is 5.13. The van der Waals surface area contributed by atoms with Crippen molar-refractivity contribution in [1.82, 2.24) is 0 Å². The van der Waals surface area contributed by atoms with Crippen molar-refractivity contribution in [3.05, 3.63) is 83.4 Å². The standard InChI is InChI=1S/C18H15F2N/c19-16-9-8-12(10-17(16)20)11-18(21)15-7-3-5-13-4-1-2-6-14(13)15/h1-10,18H,11,21H2. The molecule has 106 valence electrons. The van der Waals surface area contributed by atoms with Gasteiger partial charge < -0.3 is 5.73 Å². The number of fused-ring (bicyclic) bond motifs is 1. The average Bonchev–Trinajstić information content (AvgIpc) is 2.50. The quantitative estimate of drug-likeness (QED) is 0.759. The van der Waals surface area contributed by atoms with Crippen molar-refractivity contribution in [1.29, 1.82) is 0 Å². The van der Waals surface area contributed by atoms with E-state index in [0.717, 1.165) is 22.4 Å². The summed E-state index contributed by atoms with van der Waals surface area (Å²) in [5.41, 5.74) is 7.97. The van der Waals surface area contributed by atoms with Crippen molar-refractivity contribution >= 4 is 10.8 Å². The van der Waals surface area contributed by atoms with E-state index in [9.17, 15) is 8.78 Å². The van der Waals surface area contributed by atoms with Gasteiger partial charge in [0.25, 0.3) is 0 Å². The van der Waals surface area contributed by atoms with Gasteiger partial charge in [-0.3, -0.25) is 0 Å². The van der Waals surface area contributed by atoms with Gasteiger partial charge in [-0.15, -0.1) is 0 Å². The lowest BCUT2D eigenvalue weighted by atomic mass is 9.95. The summed E-state index contributed by atoms with van der Waals surface area (Å²) in [6.45, 7) is 0. The maximum Gasteiger partial charge on any atom is 0.159 e. The van der Waals surface area contributed by atoms with Crippen molar-refractivity contribution in [2.45, 2.75) is 12.5 Å². The second kappa shape index (κ2) is 5.62. The van der Waals surface area contributed by atoms with E-state index in [1.165, 1.54) is 6.07 Å². The van der Waals surface area contributed by atoms with Crippen molar-refractivity contribution in [2.24, 2.45) is 5.73 Å². The van der Waals surface area contributed by atoms with Gasteiger partial charge in [-0.05, 0) is 40.5 Å². The Kier molecular flexibility index (Phi) is 3.67. The maximum absolute atomic E-state index is 13.3. The highest BCUT2D eigenvalue weighted by molar-refractivity contribution is 5.86. The van der Waals surface area contributed by atoms with Crippen LogP contribution in [0.5, 0.6) is 0 Å². The van der Waals surface area contributed by atoms with Gasteiger partial charge >= 0.3 is 0 Å². The molecule has 3 aromatic carbocycles. The third-order valence-corrected chi connectivity index (χ3v) is 3.66. The molecule has 0 saturated carbocycles. The topological polar surface area (TPSA) is 26.0 Å². The molecular formula is C18H15F2N. The lowest BCUT2D eigenvalue weighted by Crippen LogP contribution is -2.14. The average molecular weight is 283 g/mol. The number of nitrogens with two attached hydrogens (primary N) is 1. The Hall–Kier alpha value is -2.26. The summed E-state index contributed by atoms with van der Waals surface area (Å²) < 4.78 is 26.2. The minimum atomic E-state index is -0.836. The molecule has 0 amide bonds. The molecule has 1 atom stereocenters. The van der Waals surface area contributed by atoms with Crippen molar-refractivity contribution in [3.8, 4) is 0 Å². The van der Waals surface area contributed by atoms with Gasteiger partial charge in [-0.1, -0.05) is 48.5 Å². The molecule has 3 heteroatoms. The summed E-state index contributed by atoms with van der Waals surface area (Å²) in [4.78, 5) is 0. The third kappa shape index (κ3) is 2.78. The third-order valence-electron chi connectivity index (χ3n) is 3.66. The van der Waals surface area contributed by atoms with E-state index < -0.39 is 11.6 Å². The second-order valence-electron chi connectivity index (χ2n) is 5.13. The van der Waals surface area contributed by atoms with Gasteiger partial charge in [0.05, 0.1) is 0 Å². The largest absolute Gasteiger partial charge is 0.324 e. The van der Waals surface area contributed by atoms with Gasteiger partial charge in [-0.2, -0.15) is 0 Å².